The van der Waals surface area contributed by atoms with E-state index in [1.807, 2.05) is 6.07 Å². The summed E-state index contributed by atoms with van der Waals surface area (Å²) in [7, 11) is 6.86. The number of likely N-dealkylation sites (tertiary alicyclic amines) is 1. The molecule has 3 atom stereocenters. The standard InChI is InChI=1S/C25H32N4O6.C2HF3O2/c1-28-12-11-25(16-5-7-21(34-3)22(13-16)35-4)10-9-17(14-23(25)28)26-24(30)27-19-15-18(29(31)32)6-8-20(19)33-2;3-2(4,5)1(6)7/h5-8,13,15,17,23H,9-12,14H2,1-4H3,(H2,26,27,30);(H,6,7)/t17-,23+,25+;/m1./s1. The molecule has 15 heteroatoms. The topological polar surface area (TPSA) is 152 Å². The van der Waals surface area contributed by atoms with Gasteiger partial charge in [0.05, 0.1) is 31.9 Å². The van der Waals surface area contributed by atoms with Crippen LogP contribution in [0.1, 0.15) is 31.2 Å². The highest BCUT2D eigenvalue weighted by atomic mass is 19.4. The number of aliphatic carboxylic acids is 1. The Labute approximate surface area is 239 Å². The molecule has 1 aliphatic heterocycles. The largest absolute Gasteiger partial charge is 0.495 e. The van der Waals surface area contributed by atoms with E-state index in [1.165, 1.54) is 30.9 Å². The zero-order chi connectivity index (χ0) is 31.2. The van der Waals surface area contributed by atoms with Gasteiger partial charge in [0, 0.05) is 29.6 Å². The van der Waals surface area contributed by atoms with E-state index in [0.717, 1.165) is 38.0 Å². The zero-order valence-electron chi connectivity index (χ0n) is 23.5. The van der Waals surface area contributed by atoms with Crippen LogP contribution in [-0.4, -0.2) is 80.1 Å². The van der Waals surface area contributed by atoms with Crippen LogP contribution in [0.4, 0.5) is 29.3 Å². The van der Waals surface area contributed by atoms with E-state index in [2.05, 4.69) is 34.7 Å². The van der Waals surface area contributed by atoms with Gasteiger partial charge in [0.25, 0.3) is 5.69 Å². The first-order chi connectivity index (χ1) is 19.7. The van der Waals surface area contributed by atoms with E-state index in [-0.39, 0.29) is 28.9 Å². The van der Waals surface area contributed by atoms with Gasteiger partial charge < -0.3 is 34.9 Å². The molecule has 4 rings (SSSR count). The average Bonchev–Trinajstić information content (AvgIpc) is 3.29. The van der Waals surface area contributed by atoms with Crippen molar-refractivity contribution in [2.75, 3.05) is 40.2 Å². The van der Waals surface area contributed by atoms with E-state index in [9.17, 15) is 28.1 Å². The molecule has 0 spiro atoms. The third-order valence-electron chi connectivity index (χ3n) is 7.71. The predicted octanol–water partition coefficient (Wildman–Crippen LogP) is 4.57. The third kappa shape index (κ3) is 7.13. The fourth-order valence-corrected chi connectivity index (χ4v) is 5.65. The van der Waals surface area contributed by atoms with Crippen molar-refractivity contribution in [1.82, 2.24) is 10.2 Å². The third-order valence-corrected chi connectivity index (χ3v) is 7.71. The molecule has 2 aliphatic rings. The van der Waals surface area contributed by atoms with E-state index in [0.29, 0.717) is 11.5 Å². The molecule has 2 aromatic rings. The van der Waals surface area contributed by atoms with Crippen molar-refractivity contribution >= 4 is 23.4 Å². The Hall–Kier alpha value is -4.27. The maximum absolute atomic E-state index is 12.8. The van der Waals surface area contributed by atoms with Crippen LogP contribution in [0.15, 0.2) is 36.4 Å². The Kier molecular flexibility index (Phi) is 10.1. The fraction of sp³-hybridized carbons (Fsp3) is 0.481. The first-order valence-corrected chi connectivity index (χ1v) is 12.9. The van der Waals surface area contributed by atoms with E-state index in [1.54, 1.807) is 14.2 Å². The van der Waals surface area contributed by atoms with Crippen molar-refractivity contribution in [2.45, 2.75) is 49.4 Å². The number of hydrogen-bond donors (Lipinski definition) is 3. The normalized spacial score (nSPS) is 21.7. The number of ether oxygens (including phenoxy) is 3. The van der Waals surface area contributed by atoms with Crippen LogP contribution in [0.5, 0.6) is 17.2 Å². The van der Waals surface area contributed by atoms with Crippen LogP contribution in [0.2, 0.25) is 0 Å². The van der Waals surface area contributed by atoms with Gasteiger partial charge >= 0.3 is 18.2 Å². The molecule has 3 N–H and O–H groups in total. The number of nitro benzene ring substituents is 1. The molecule has 1 aliphatic carbocycles. The Morgan fingerprint density at radius 1 is 1.05 bits per heavy atom. The molecule has 2 aromatic carbocycles. The number of anilines is 1. The number of carbonyl (C=O) groups is 2. The number of nitrogens with zero attached hydrogens (tertiary/aromatic N) is 2. The van der Waals surface area contributed by atoms with E-state index < -0.39 is 23.1 Å². The van der Waals surface area contributed by atoms with Crippen molar-refractivity contribution in [3.63, 3.8) is 0 Å². The van der Waals surface area contributed by atoms with Gasteiger partial charge in [-0.15, -0.1) is 0 Å². The number of likely N-dealkylation sites (N-methyl/N-ethyl adjacent to an activating group) is 1. The van der Waals surface area contributed by atoms with Crippen molar-refractivity contribution < 1.29 is 47.0 Å². The molecule has 0 aromatic heterocycles. The number of amides is 2. The average molecular weight is 599 g/mol. The van der Waals surface area contributed by atoms with Gasteiger partial charge in [0.2, 0.25) is 0 Å². The molecule has 0 unspecified atom stereocenters. The maximum atomic E-state index is 12.8. The first-order valence-electron chi connectivity index (χ1n) is 12.9. The highest BCUT2D eigenvalue weighted by molar-refractivity contribution is 5.91. The molecule has 1 saturated carbocycles. The maximum Gasteiger partial charge on any atom is 0.490 e. The lowest BCUT2D eigenvalue weighted by Gasteiger charge is -2.45. The quantitative estimate of drug-likeness (QED) is 0.307. The highest BCUT2D eigenvalue weighted by Crippen LogP contribution is 2.50. The molecule has 1 saturated heterocycles. The minimum atomic E-state index is -5.08. The van der Waals surface area contributed by atoms with Gasteiger partial charge in [-0.25, -0.2) is 9.59 Å². The summed E-state index contributed by atoms with van der Waals surface area (Å²) >= 11 is 0. The smallest absolute Gasteiger partial charge is 0.490 e. The lowest BCUT2D eigenvalue weighted by atomic mass is 9.65. The first kappa shape index (κ1) is 32.2. The van der Waals surface area contributed by atoms with Gasteiger partial charge in [0.15, 0.2) is 11.5 Å². The van der Waals surface area contributed by atoms with Crippen LogP contribution < -0.4 is 24.8 Å². The van der Waals surface area contributed by atoms with E-state index in [4.69, 9.17) is 24.1 Å². The number of fused-ring (bicyclic) bond motifs is 1. The summed E-state index contributed by atoms with van der Waals surface area (Å²) in [5.74, 6) is -0.970. The summed E-state index contributed by atoms with van der Waals surface area (Å²) < 4.78 is 48.0. The van der Waals surface area contributed by atoms with Crippen LogP contribution in [0.3, 0.4) is 0 Å². The van der Waals surface area contributed by atoms with Crippen LogP contribution in [-0.2, 0) is 10.2 Å². The second-order valence-electron chi connectivity index (χ2n) is 9.99. The number of methoxy groups -OCH3 is 3. The number of hydrogen-bond acceptors (Lipinski definition) is 8. The predicted molar refractivity (Wildman–Crippen MR) is 145 cm³/mol. The summed E-state index contributed by atoms with van der Waals surface area (Å²) in [5.41, 5.74) is 1.35. The summed E-state index contributed by atoms with van der Waals surface area (Å²) in [6.07, 6.45) is -1.52. The van der Waals surface area contributed by atoms with Gasteiger partial charge in [0.1, 0.15) is 5.75 Å². The molecule has 0 bridgehead atoms. The monoisotopic (exact) mass is 598 g/mol. The summed E-state index contributed by atoms with van der Waals surface area (Å²) in [5, 5.41) is 24.0. The molecule has 2 amide bonds. The van der Waals surface area contributed by atoms with Gasteiger partial charge in [-0.3, -0.25) is 10.1 Å². The number of rotatable bonds is 7. The number of carboxylic acid groups (broad SMARTS) is 1. The Morgan fingerprint density at radius 3 is 2.24 bits per heavy atom. The highest BCUT2D eigenvalue weighted by Gasteiger charge is 2.50. The second kappa shape index (κ2) is 13.1. The summed E-state index contributed by atoms with van der Waals surface area (Å²) in [6.45, 7) is 0.975. The van der Waals surface area contributed by atoms with Gasteiger partial charge in [-0.05, 0) is 63.0 Å². The van der Waals surface area contributed by atoms with Crippen LogP contribution >= 0.6 is 0 Å². The Bertz CT molecular complexity index is 1310. The SMILES string of the molecule is COc1ccc([N+](=O)[O-])cc1NC(=O)N[C@@H]1CC[C@@]2(c3ccc(OC)c(OC)c3)CCN(C)[C@H]2C1.O=C(O)C(F)(F)F. The fourth-order valence-electron chi connectivity index (χ4n) is 5.65. The number of halogens is 3. The molecule has 1 heterocycles. The Morgan fingerprint density at radius 2 is 1.67 bits per heavy atom. The lowest BCUT2D eigenvalue weighted by molar-refractivity contribution is -0.384. The molecular weight excluding hydrogens is 565 g/mol. The Balaban J connectivity index is 0.000000616. The molecule has 42 heavy (non-hydrogen) atoms. The van der Waals surface area contributed by atoms with Crippen molar-refractivity contribution in [1.29, 1.82) is 0 Å². The number of non-ortho nitro benzene ring substituents is 1. The summed E-state index contributed by atoms with van der Waals surface area (Å²) in [4.78, 5) is 34.7. The van der Waals surface area contributed by atoms with Crippen molar-refractivity contribution in [3.05, 3.63) is 52.1 Å². The summed E-state index contributed by atoms with van der Waals surface area (Å²) in [6, 6.07) is 10.1. The second-order valence-corrected chi connectivity index (χ2v) is 9.99. The van der Waals surface area contributed by atoms with Crippen molar-refractivity contribution in [2.24, 2.45) is 0 Å². The number of benzene rings is 2. The van der Waals surface area contributed by atoms with Crippen LogP contribution in [0, 0.1) is 10.1 Å². The lowest BCUT2D eigenvalue weighted by Crippen LogP contribution is -2.52. The van der Waals surface area contributed by atoms with E-state index >= 15 is 0 Å². The number of carbonyl (C=O) groups excluding carboxylic acids is 1. The zero-order valence-corrected chi connectivity index (χ0v) is 23.5. The molecule has 12 nitrogen and oxygen atoms in total. The number of carboxylic acids is 1. The molecule has 0 radical (unpaired) electrons. The number of urea groups is 1. The van der Waals surface area contributed by atoms with Gasteiger partial charge in [-0.2, -0.15) is 13.2 Å². The molecule has 230 valence electrons. The van der Waals surface area contributed by atoms with Crippen molar-refractivity contribution in [3.8, 4) is 17.2 Å². The number of nitrogens with one attached hydrogen (secondary N) is 2. The molecular formula is C27H33F3N4O8. The minimum Gasteiger partial charge on any atom is -0.495 e. The molecule has 2 fully saturated rings. The number of nitro groups is 1. The van der Waals surface area contributed by atoms with Gasteiger partial charge in [-0.1, -0.05) is 6.07 Å². The van der Waals surface area contributed by atoms with Crippen LogP contribution in [0.25, 0.3) is 0 Å². The number of alkyl halides is 3. The minimum absolute atomic E-state index is 0.0216.